The molecule has 0 aliphatic rings. The number of nitrogens with zero attached hydrogens (tertiary/aromatic N) is 1. The normalized spacial score (nSPS) is 11.9. The number of nitro benzene ring substituents is 1. The molecule has 3 aromatic rings. The molecule has 1 heterocycles. The molecule has 0 fully saturated rings. The molecule has 0 aliphatic carbocycles. The number of nitrogens with one attached hydrogen (secondary N) is 2. The number of aliphatic carboxylic acids is 1. The standard InChI is InChI=1S/C23H19N3O7/c27-21(25-19(23(29)30)13-15-6-2-1-3-7-15)18(24-22(28)20-10-5-11-33-20)14-16-8-4-9-17(12-16)26(31)32/h1-12,14,19H,13H2,(H,24,28)(H,25,27)(H,29,30)/t19-/m0/s1. The minimum Gasteiger partial charge on any atom is -0.480 e. The second-order valence-electron chi connectivity index (χ2n) is 6.90. The fraction of sp³-hybridized carbons (Fsp3) is 0.0870. The summed E-state index contributed by atoms with van der Waals surface area (Å²) in [5.74, 6) is -2.97. The fourth-order valence-corrected chi connectivity index (χ4v) is 2.93. The number of rotatable bonds is 9. The lowest BCUT2D eigenvalue weighted by atomic mass is 10.1. The molecule has 0 saturated heterocycles. The lowest BCUT2D eigenvalue weighted by Crippen LogP contribution is -2.45. The number of furan rings is 1. The van der Waals surface area contributed by atoms with Crippen molar-refractivity contribution in [2.75, 3.05) is 0 Å². The molecular formula is C23H19N3O7. The van der Waals surface area contributed by atoms with E-state index in [4.69, 9.17) is 4.42 Å². The van der Waals surface area contributed by atoms with E-state index in [9.17, 15) is 29.6 Å². The molecule has 1 atom stereocenters. The van der Waals surface area contributed by atoms with Gasteiger partial charge in [0.25, 0.3) is 17.5 Å². The van der Waals surface area contributed by atoms with Gasteiger partial charge < -0.3 is 20.2 Å². The molecule has 3 N–H and O–H groups in total. The summed E-state index contributed by atoms with van der Waals surface area (Å²) in [5.41, 5.74) is 0.419. The van der Waals surface area contributed by atoms with E-state index < -0.39 is 28.7 Å². The van der Waals surface area contributed by atoms with E-state index >= 15 is 0 Å². The Hall–Kier alpha value is -4.73. The van der Waals surface area contributed by atoms with Crippen LogP contribution in [0.2, 0.25) is 0 Å². The van der Waals surface area contributed by atoms with Crippen molar-refractivity contribution in [1.29, 1.82) is 0 Å². The van der Waals surface area contributed by atoms with Gasteiger partial charge in [-0.3, -0.25) is 19.7 Å². The Morgan fingerprint density at radius 1 is 1.06 bits per heavy atom. The summed E-state index contributed by atoms with van der Waals surface area (Å²) in [4.78, 5) is 47.6. The molecule has 0 unspecified atom stereocenters. The lowest BCUT2D eigenvalue weighted by Gasteiger charge is -2.16. The number of hydrogen-bond acceptors (Lipinski definition) is 6. The van der Waals surface area contributed by atoms with Crippen molar-refractivity contribution < 1.29 is 28.8 Å². The predicted octanol–water partition coefficient (Wildman–Crippen LogP) is 2.77. The Morgan fingerprint density at radius 3 is 2.45 bits per heavy atom. The largest absolute Gasteiger partial charge is 0.480 e. The van der Waals surface area contributed by atoms with E-state index in [2.05, 4.69) is 10.6 Å². The minimum atomic E-state index is -1.28. The van der Waals surface area contributed by atoms with E-state index in [0.29, 0.717) is 5.56 Å². The summed E-state index contributed by atoms with van der Waals surface area (Å²) < 4.78 is 5.02. The van der Waals surface area contributed by atoms with Crippen LogP contribution >= 0.6 is 0 Å². The average molecular weight is 449 g/mol. The Kier molecular flexibility index (Phi) is 7.32. The van der Waals surface area contributed by atoms with Crippen molar-refractivity contribution in [2.24, 2.45) is 0 Å². The minimum absolute atomic E-state index is 0.0120. The fourth-order valence-electron chi connectivity index (χ4n) is 2.93. The summed E-state index contributed by atoms with van der Waals surface area (Å²) in [6.45, 7) is 0. The number of carbonyl (C=O) groups is 3. The zero-order valence-corrected chi connectivity index (χ0v) is 17.1. The molecule has 0 bridgehead atoms. The monoisotopic (exact) mass is 449 g/mol. The summed E-state index contributed by atoms with van der Waals surface area (Å²) in [7, 11) is 0. The Balaban J connectivity index is 1.89. The van der Waals surface area contributed by atoms with Crippen LogP contribution in [0.3, 0.4) is 0 Å². The second kappa shape index (κ2) is 10.5. The third kappa shape index (κ3) is 6.37. The van der Waals surface area contributed by atoms with Crippen molar-refractivity contribution >= 4 is 29.5 Å². The van der Waals surface area contributed by atoms with Gasteiger partial charge in [0.05, 0.1) is 11.2 Å². The van der Waals surface area contributed by atoms with Gasteiger partial charge in [0.15, 0.2) is 5.76 Å². The van der Waals surface area contributed by atoms with Crippen LogP contribution in [0.25, 0.3) is 6.08 Å². The first-order valence-electron chi connectivity index (χ1n) is 9.72. The highest BCUT2D eigenvalue weighted by Gasteiger charge is 2.24. The molecule has 2 amide bonds. The molecule has 0 radical (unpaired) electrons. The summed E-state index contributed by atoms with van der Waals surface area (Å²) in [6, 6.07) is 15.7. The van der Waals surface area contributed by atoms with E-state index in [1.807, 2.05) is 0 Å². The summed E-state index contributed by atoms with van der Waals surface area (Å²) >= 11 is 0. The Labute approximate surface area is 187 Å². The second-order valence-corrected chi connectivity index (χ2v) is 6.90. The Morgan fingerprint density at radius 2 is 1.82 bits per heavy atom. The quantitative estimate of drug-likeness (QED) is 0.258. The maximum Gasteiger partial charge on any atom is 0.326 e. The zero-order chi connectivity index (χ0) is 23.8. The molecule has 10 heteroatoms. The molecule has 0 saturated carbocycles. The lowest BCUT2D eigenvalue weighted by molar-refractivity contribution is -0.384. The zero-order valence-electron chi connectivity index (χ0n) is 17.1. The summed E-state index contributed by atoms with van der Waals surface area (Å²) in [6.07, 6.45) is 2.50. The van der Waals surface area contributed by atoms with Crippen LogP contribution in [0.5, 0.6) is 0 Å². The van der Waals surface area contributed by atoms with Crippen molar-refractivity contribution in [1.82, 2.24) is 10.6 Å². The maximum atomic E-state index is 13.0. The number of benzene rings is 2. The summed E-state index contributed by atoms with van der Waals surface area (Å²) in [5, 5.41) is 25.4. The molecule has 0 aliphatic heterocycles. The topological polar surface area (TPSA) is 152 Å². The molecular weight excluding hydrogens is 430 g/mol. The average Bonchev–Trinajstić information content (AvgIpc) is 3.34. The van der Waals surface area contributed by atoms with Crippen molar-refractivity contribution in [2.45, 2.75) is 12.5 Å². The van der Waals surface area contributed by atoms with E-state index in [1.165, 1.54) is 48.7 Å². The van der Waals surface area contributed by atoms with Crippen LogP contribution in [0.15, 0.2) is 83.1 Å². The van der Waals surface area contributed by atoms with Crippen molar-refractivity contribution in [3.8, 4) is 0 Å². The van der Waals surface area contributed by atoms with Crippen molar-refractivity contribution in [3.05, 3.63) is 106 Å². The van der Waals surface area contributed by atoms with Crippen LogP contribution < -0.4 is 10.6 Å². The van der Waals surface area contributed by atoms with Gasteiger partial charge in [-0.2, -0.15) is 0 Å². The number of carboxylic acids is 1. The van der Waals surface area contributed by atoms with E-state index in [-0.39, 0.29) is 29.1 Å². The molecule has 10 nitrogen and oxygen atoms in total. The van der Waals surface area contributed by atoms with Crippen molar-refractivity contribution in [3.63, 3.8) is 0 Å². The number of non-ortho nitro benzene ring substituents is 1. The first-order chi connectivity index (χ1) is 15.8. The van der Waals surface area contributed by atoms with Gasteiger partial charge in [0.2, 0.25) is 0 Å². The number of nitro groups is 1. The molecule has 33 heavy (non-hydrogen) atoms. The maximum absolute atomic E-state index is 13.0. The number of carboxylic acid groups (broad SMARTS) is 1. The van der Waals surface area contributed by atoms with Crippen LogP contribution in [0.4, 0.5) is 5.69 Å². The van der Waals surface area contributed by atoms with Gasteiger partial charge in [-0.25, -0.2) is 4.79 Å². The molecule has 3 rings (SSSR count). The van der Waals surface area contributed by atoms with Gasteiger partial charge in [-0.15, -0.1) is 0 Å². The SMILES string of the molecule is O=C(N[C@@H](Cc1ccccc1)C(=O)O)C(=Cc1cccc([N+](=O)[O-])c1)NC(=O)c1ccco1. The van der Waals surface area contributed by atoms with Gasteiger partial charge in [-0.05, 0) is 29.3 Å². The third-order valence-corrected chi connectivity index (χ3v) is 4.52. The highest BCUT2D eigenvalue weighted by molar-refractivity contribution is 6.05. The van der Waals surface area contributed by atoms with Crippen LogP contribution in [0.1, 0.15) is 21.7 Å². The predicted molar refractivity (Wildman–Crippen MR) is 117 cm³/mol. The van der Waals surface area contributed by atoms with Gasteiger partial charge in [0.1, 0.15) is 11.7 Å². The third-order valence-electron chi connectivity index (χ3n) is 4.52. The Bertz CT molecular complexity index is 1190. The molecule has 2 aromatic carbocycles. The first kappa shape index (κ1) is 22.9. The van der Waals surface area contributed by atoms with Gasteiger partial charge in [0, 0.05) is 18.6 Å². The number of amides is 2. The van der Waals surface area contributed by atoms with Crippen LogP contribution in [-0.4, -0.2) is 33.9 Å². The highest BCUT2D eigenvalue weighted by Crippen LogP contribution is 2.16. The number of hydrogen-bond donors (Lipinski definition) is 3. The van der Waals surface area contributed by atoms with E-state index in [1.54, 1.807) is 30.3 Å². The van der Waals surface area contributed by atoms with Gasteiger partial charge in [-0.1, -0.05) is 42.5 Å². The van der Waals surface area contributed by atoms with Gasteiger partial charge >= 0.3 is 5.97 Å². The molecule has 168 valence electrons. The molecule has 0 spiro atoms. The smallest absolute Gasteiger partial charge is 0.326 e. The van der Waals surface area contributed by atoms with Crippen LogP contribution in [0, 0.1) is 10.1 Å². The first-order valence-corrected chi connectivity index (χ1v) is 9.72. The van der Waals surface area contributed by atoms with Crippen LogP contribution in [-0.2, 0) is 16.0 Å². The molecule has 1 aromatic heterocycles. The number of carbonyl (C=O) groups excluding carboxylic acids is 2. The van der Waals surface area contributed by atoms with E-state index in [0.717, 1.165) is 0 Å². The highest BCUT2D eigenvalue weighted by atomic mass is 16.6.